The topological polar surface area (TPSA) is 74.4 Å². The molecule has 1 aliphatic heterocycles. The molecule has 18 heavy (non-hydrogen) atoms. The van der Waals surface area contributed by atoms with Crippen molar-refractivity contribution < 1.29 is 28.5 Å². The Labute approximate surface area is 106 Å². The predicted molar refractivity (Wildman–Crippen MR) is 61.9 cm³/mol. The van der Waals surface area contributed by atoms with E-state index in [1.807, 2.05) is 0 Å². The lowest BCUT2D eigenvalue weighted by atomic mass is 10.1. The number of esters is 1. The number of hydrogen-bond donors (Lipinski definition) is 0. The third-order valence-electron chi connectivity index (χ3n) is 2.47. The first kappa shape index (κ1) is 14.8. The van der Waals surface area contributed by atoms with E-state index in [9.17, 15) is 9.59 Å². The third kappa shape index (κ3) is 4.21. The molecule has 6 heteroatoms. The van der Waals surface area contributed by atoms with Crippen LogP contribution in [0.15, 0.2) is 12.2 Å². The van der Waals surface area contributed by atoms with Crippen LogP contribution in [0.5, 0.6) is 0 Å². The van der Waals surface area contributed by atoms with Crippen molar-refractivity contribution in [2.45, 2.75) is 31.7 Å². The predicted octanol–water partition coefficient (Wildman–Crippen LogP) is 0.451. The lowest BCUT2D eigenvalue weighted by molar-refractivity contribution is -0.139. The largest absolute Gasteiger partial charge is 0.463 e. The molecule has 1 heterocycles. The van der Waals surface area contributed by atoms with E-state index in [1.165, 1.54) is 7.11 Å². The quantitative estimate of drug-likeness (QED) is 0.196. The van der Waals surface area contributed by atoms with Gasteiger partial charge < -0.3 is 23.7 Å². The highest BCUT2D eigenvalue weighted by atomic mass is 16.7. The van der Waals surface area contributed by atoms with E-state index in [0.29, 0.717) is 12.9 Å². The van der Waals surface area contributed by atoms with Crippen LogP contribution >= 0.6 is 0 Å². The number of ether oxygens (including phenoxy) is 4. The number of carbonyl (C=O) groups excluding carboxylic acids is 2. The van der Waals surface area contributed by atoms with Gasteiger partial charge in [0.2, 0.25) is 0 Å². The zero-order valence-corrected chi connectivity index (χ0v) is 10.6. The summed E-state index contributed by atoms with van der Waals surface area (Å²) in [5.74, 6) is -0.466. The van der Waals surface area contributed by atoms with Gasteiger partial charge in [-0.2, -0.15) is 0 Å². The first-order valence-electron chi connectivity index (χ1n) is 5.70. The summed E-state index contributed by atoms with van der Waals surface area (Å²) in [5.41, 5.74) is 0.290. The molecule has 1 rings (SSSR count). The van der Waals surface area contributed by atoms with Crippen molar-refractivity contribution in [2.24, 2.45) is 0 Å². The van der Waals surface area contributed by atoms with Crippen LogP contribution in [0.2, 0.25) is 0 Å². The molecule has 0 spiro atoms. The number of hydrogen-bond acceptors (Lipinski definition) is 6. The highest BCUT2D eigenvalue weighted by molar-refractivity contribution is 5.87. The molecule has 0 saturated carbocycles. The molecule has 102 valence electrons. The zero-order valence-electron chi connectivity index (χ0n) is 10.6. The van der Waals surface area contributed by atoms with Gasteiger partial charge in [-0.05, 0) is 6.92 Å². The van der Waals surface area contributed by atoms with Crippen molar-refractivity contribution in [3.63, 3.8) is 0 Å². The summed E-state index contributed by atoms with van der Waals surface area (Å²) in [6.07, 6.45) is -0.291. The molecule has 0 aliphatic carbocycles. The normalized spacial score (nSPS) is 23.2. The van der Waals surface area contributed by atoms with E-state index in [1.54, 1.807) is 6.92 Å². The first-order valence-corrected chi connectivity index (χ1v) is 5.70. The van der Waals surface area contributed by atoms with Crippen LogP contribution in [0, 0.1) is 0 Å². The highest BCUT2D eigenvalue weighted by Crippen LogP contribution is 2.29. The number of carbonyl (C=O) groups is 2. The molecule has 3 atom stereocenters. The molecule has 0 aromatic rings. The van der Waals surface area contributed by atoms with Gasteiger partial charge in [0.25, 0.3) is 0 Å². The van der Waals surface area contributed by atoms with Crippen LogP contribution < -0.4 is 0 Å². The van der Waals surface area contributed by atoms with E-state index in [0.717, 1.165) is 0 Å². The van der Waals surface area contributed by atoms with Gasteiger partial charge in [0.1, 0.15) is 19.0 Å². The lowest BCUT2D eigenvalue weighted by Crippen LogP contribution is -2.25. The average molecular weight is 258 g/mol. The summed E-state index contributed by atoms with van der Waals surface area (Å²) in [5, 5.41) is 0. The van der Waals surface area contributed by atoms with Gasteiger partial charge in [-0.15, -0.1) is 0 Å². The Bertz CT molecular complexity index is 314. The number of epoxide rings is 1. The maximum absolute atomic E-state index is 11.4. The summed E-state index contributed by atoms with van der Waals surface area (Å²) in [7, 11) is 1.49. The Morgan fingerprint density at radius 1 is 1.56 bits per heavy atom. The second kappa shape index (κ2) is 7.25. The molecule has 0 bridgehead atoms. The molecule has 0 aromatic heterocycles. The molecule has 6 nitrogen and oxygen atoms in total. The summed E-state index contributed by atoms with van der Waals surface area (Å²) in [6, 6.07) is 0. The summed E-state index contributed by atoms with van der Waals surface area (Å²) < 4.78 is 20.1. The molecule has 0 radical (unpaired) electrons. The average Bonchev–Trinajstić information content (AvgIpc) is 3.13. The summed E-state index contributed by atoms with van der Waals surface area (Å²) >= 11 is 0. The Morgan fingerprint density at radius 2 is 2.28 bits per heavy atom. The maximum atomic E-state index is 11.4. The molecule has 0 N–H and O–H groups in total. The van der Waals surface area contributed by atoms with Gasteiger partial charge in [-0.1, -0.05) is 6.58 Å². The minimum atomic E-state index is -0.471. The number of methoxy groups -OCH3 is 1. The van der Waals surface area contributed by atoms with E-state index in [-0.39, 0.29) is 24.9 Å². The SMILES string of the molecule is C=C(C[C@@H](OCOC)[C@@H]1O[C@@H]1C=O)C(=O)OCC. The molecular weight excluding hydrogens is 240 g/mol. The molecule has 0 unspecified atom stereocenters. The van der Waals surface area contributed by atoms with Gasteiger partial charge in [0.05, 0.1) is 12.7 Å². The molecule has 0 amide bonds. The molecule has 1 aliphatic rings. The van der Waals surface area contributed by atoms with Crippen molar-refractivity contribution >= 4 is 12.3 Å². The monoisotopic (exact) mass is 258 g/mol. The highest BCUT2D eigenvalue weighted by Gasteiger charge is 2.46. The minimum absolute atomic E-state index is 0.0617. The van der Waals surface area contributed by atoms with Gasteiger partial charge in [0, 0.05) is 19.1 Å². The van der Waals surface area contributed by atoms with Gasteiger partial charge in [-0.25, -0.2) is 4.79 Å². The Hall–Kier alpha value is -1.24. The fourth-order valence-electron chi connectivity index (χ4n) is 1.53. The summed E-state index contributed by atoms with van der Waals surface area (Å²) in [6.45, 7) is 5.71. The van der Waals surface area contributed by atoms with Crippen molar-refractivity contribution in [2.75, 3.05) is 20.5 Å². The van der Waals surface area contributed by atoms with E-state index < -0.39 is 18.2 Å². The smallest absolute Gasteiger partial charge is 0.333 e. The van der Waals surface area contributed by atoms with Crippen LogP contribution in [0.3, 0.4) is 0 Å². The maximum Gasteiger partial charge on any atom is 0.333 e. The lowest BCUT2D eigenvalue weighted by Gasteiger charge is -2.15. The second-order valence-corrected chi connectivity index (χ2v) is 3.84. The standard InChI is InChI=1S/C12H18O6/c1-4-16-12(14)8(2)5-9(17-7-15-3)11-10(6-13)18-11/h6,9-11H,2,4-5,7H2,1,3H3/t9-,10-,11+/m1/s1. The van der Waals surface area contributed by atoms with Crippen LogP contribution in [0.1, 0.15) is 13.3 Å². The van der Waals surface area contributed by atoms with Gasteiger partial charge in [0.15, 0.2) is 6.29 Å². The van der Waals surface area contributed by atoms with E-state index in [4.69, 9.17) is 18.9 Å². The third-order valence-corrected chi connectivity index (χ3v) is 2.47. The molecule has 0 aromatic carbocycles. The Balaban J connectivity index is 2.48. The Kier molecular flexibility index (Phi) is 5.97. The minimum Gasteiger partial charge on any atom is -0.463 e. The van der Waals surface area contributed by atoms with Gasteiger partial charge >= 0.3 is 5.97 Å². The first-order chi connectivity index (χ1) is 8.63. The van der Waals surface area contributed by atoms with Crippen LogP contribution in [0.4, 0.5) is 0 Å². The fourth-order valence-corrected chi connectivity index (χ4v) is 1.53. The van der Waals surface area contributed by atoms with Gasteiger partial charge in [-0.3, -0.25) is 0 Å². The van der Waals surface area contributed by atoms with Crippen molar-refractivity contribution in [3.8, 4) is 0 Å². The van der Waals surface area contributed by atoms with E-state index >= 15 is 0 Å². The van der Waals surface area contributed by atoms with Crippen molar-refractivity contribution in [1.29, 1.82) is 0 Å². The van der Waals surface area contributed by atoms with Crippen molar-refractivity contribution in [3.05, 3.63) is 12.2 Å². The molecule has 1 saturated heterocycles. The van der Waals surface area contributed by atoms with Crippen LogP contribution in [-0.2, 0) is 28.5 Å². The van der Waals surface area contributed by atoms with E-state index in [2.05, 4.69) is 6.58 Å². The summed E-state index contributed by atoms with van der Waals surface area (Å²) in [4.78, 5) is 22.0. The van der Waals surface area contributed by atoms with Crippen LogP contribution in [-0.4, -0.2) is 51.1 Å². The zero-order chi connectivity index (χ0) is 13.5. The molecular formula is C12H18O6. The van der Waals surface area contributed by atoms with Crippen LogP contribution in [0.25, 0.3) is 0 Å². The fraction of sp³-hybridized carbons (Fsp3) is 0.667. The number of rotatable bonds is 9. The van der Waals surface area contributed by atoms with Crippen molar-refractivity contribution in [1.82, 2.24) is 0 Å². The number of aldehydes is 1. The molecule has 1 fully saturated rings. The Morgan fingerprint density at radius 3 is 2.78 bits per heavy atom. The second-order valence-electron chi connectivity index (χ2n) is 3.84.